The zero-order chi connectivity index (χ0) is 23.0. The first-order valence-corrected chi connectivity index (χ1v) is 11.6. The smallest absolute Gasteiger partial charge is 0.116 e. The second kappa shape index (κ2) is 8.64. The quantitative estimate of drug-likeness (QED) is 0.364. The lowest BCUT2D eigenvalue weighted by Crippen LogP contribution is -1.99. The minimum Gasteiger partial charge on any atom is -0.508 e. The lowest BCUT2D eigenvalue weighted by Gasteiger charge is -2.15. The monoisotopic (exact) mass is 442 g/mol. The molecule has 0 radical (unpaired) electrons. The van der Waals surface area contributed by atoms with Crippen LogP contribution in [-0.4, -0.2) is 14.4 Å². The summed E-state index contributed by atoms with van der Waals surface area (Å²) in [5, 5.41) is 20.4. The van der Waals surface area contributed by atoms with Gasteiger partial charge in [-0.3, -0.25) is 0 Å². The van der Waals surface area contributed by atoms with Gasteiger partial charge in [-0.15, -0.1) is 0 Å². The molecule has 0 saturated carbocycles. The second-order valence-corrected chi connectivity index (χ2v) is 9.80. The summed E-state index contributed by atoms with van der Waals surface area (Å²) >= 11 is 0. The van der Waals surface area contributed by atoms with Gasteiger partial charge in [-0.25, -0.2) is 4.21 Å². The molecule has 3 nitrogen and oxygen atoms in total. The van der Waals surface area contributed by atoms with Gasteiger partial charge in [-0.2, -0.15) is 0 Å². The van der Waals surface area contributed by atoms with E-state index in [1.54, 1.807) is 36.4 Å². The molecule has 4 aromatic rings. The van der Waals surface area contributed by atoms with Crippen molar-refractivity contribution in [1.29, 1.82) is 0 Å². The maximum absolute atomic E-state index is 13.9. The molecule has 0 fully saturated rings. The highest BCUT2D eigenvalue weighted by molar-refractivity contribution is 7.85. The molecule has 0 heterocycles. The Bertz CT molecular complexity index is 1210. The van der Waals surface area contributed by atoms with Crippen LogP contribution in [0.3, 0.4) is 0 Å². The standard InChI is InChI=1S/C28H26O3S/c1-17-9-18(2)12-21(11-17)25-15-23(29)5-7-27(25)32(31)28-8-6-24(30)16-26(28)22-13-19(3)10-20(4)14-22/h5-16,29-30H,1-4H3. The van der Waals surface area contributed by atoms with Crippen molar-refractivity contribution in [2.24, 2.45) is 0 Å². The van der Waals surface area contributed by atoms with E-state index in [1.165, 1.54) is 0 Å². The highest BCUT2D eigenvalue weighted by atomic mass is 32.2. The van der Waals surface area contributed by atoms with E-state index in [0.717, 1.165) is 44.5 Å². The molecular weight excluding hydrogens is 416 g/mol. The van der Waals surface area contributed by atoms with Crippen LogP contribution in [-0.2, 0) is 10.8 Å². The Hall–Kier alpha value is -3.37. The lowest BCUT2D eigenvalue weighted by molar-refractivity contribution is 0.474. The van der Waals surface area contributed by atoms with Crippen LogP contribution in [0.5, 0.6) is 11.5 Å². The molecule has 0 saturated heterocycles. The number of hydrogen-bond acceptors (Lipinski definition) is 3. The van der Waals surface area contributed by atoms with Gasteiger partial charge in [-0.05, 0) is 75.2 Å². The van der Waals surface area contributed by atoms with Crippen molar-refractivity contribution in [1.82, 2.24) is 0 Å². The fourth-order valence-electron chi connectivity index (χ4n) is 4.19. The Morgan fingerprint density at radius 1 is 0.531 bits per heavy atom. The van der Waals surface area contributed by atoms with Gasteiger partial charge in [-0.1, -0.05) is 58.7 Å². The van der Waals surface area contributed by atoms with E-state index in [-0.39, 0.29) is 11.5 Å². The molecule has 162 valence electrons. The number of rotatable bonds is 4. The molecule has 0 aliphatic carbocycles. The summed E-state index contributed by atoms with van der Waals surface area (Å²) in [5.74, 6) is 0.250. The average molecular weight is 443 g/mol. The maximum Gasteiger partial charge on any atom is 0.116 e. The molecule has 0 spiro atoms. The Labute approximate surface area is 191 Å². The molecule has 4 heteroatoms. The zero-order valence-electron chi connectivity index (χ0n) is 18.6. The molecule has 0 aliphatic rings. The molecule has 4 aromatic carbocycles. The van der Waals surface area contributed by atoms with Crippen LogP contribution in [0, 0.1) is 27.7 Å². The van der Waals surface area contributed by atoms with Gasteiger partial charge in [0.15, 0.2) is 0 Å². The van der Waals surface area contributed by atoms with Crippen molar-refractivity contribution < 1.29 is 14.4 Å². The Balaban J connectivity index is 1.92. The topological polar surface area (TPSA) is 57.5 Å². The lowest BCUT2D eigenvalue weighted by atomic mass is 10.0. The van der Waals surface area contributed by atoms with E-state index >= 15 is 0 Å². The van der Waals surface area contributed by atoms with Gasteiger partial charge < -0.3 is 10.2 Å². The summed E-state index contributed by atoms with van der Waals surface area (Å²) in [5.41, 5.74) is 7.67. The number of aryl methyl sites for hydroxylation is 4. The van der Waals surface area contributed by atoms with Crippen LogP contribution < -0.4 is 0 Å². The summed E-state index contributed by atoms with van der Waals surface area (Å²) in [4.78, 5) is 1.23. The number of hydrogen-bond donors (Lipinski definition) is 2. The minimum absolute atomic E-state index is 0.125. The molecular formula is C28H26O3S. The summed E-state index contributed by atoms with van der Waals surface area (Å²) < 4.78 is 13.9. The number of phenolic OH excluding ortho intramolecular Hbond substituents is 2. The molecule has 0 atom stereocenters. The van der Waals surface area contributed by atoms with E-state index in [9.17, 15) is 14.4 Å². The van der Waals surface area contributed by atoms with Crippen molar-refractivity contribution in [3.05, 3.63) is 95.1 Å². The Morgan fingerprint density at radius 3 is 1.22 bits per heavy atom. The molecule has 0 aromatic heterocycles. The second-order valence-electron chi connectivity index (χ2n) is 8.38. The van der Waals surface area contributed by atoms with E-state index in [2.05, 4.69) is 12.1 Å². The molecule has 2 N–H and O–H groups in total. The Kier molecular flexibility index (Phi) is 5.90. The third kappa shape index (κ3) is 4.46. The SMILES string of the molecule is Cc1cc(C)cc(-c2cc(O)ccc2S(=O)c2ccc(O)cc2-c2cc(C)cc(C)c2)c1. The van der Waals surface area contributed by atoms with Crippen LogP contribution in [0.25, 0.3) is 22.3 Å². The van der Waals surface area contributed by atoms with Crippen LogP contribution in [0.15, 0.2) is 82.6 Å². The van der Waals surface area contributed by atoms with Crippen LogP contribution in [0.2, 0.25) is 0 Å². The summed E-state index contributed by atoms with van der Waals surface area (Å²) in [6.07, 6.45) is 0. The number of benzene rings is 4. The first-order valence-electron chi connectivity index (χ1n) is 10.5. The van der Waals surface area contributed by atoms with Crippen LogP contribution in [0.1, 0.15) is 22.3 Å². The zero-order valence-corrected chi connectivity index (χ0v) is 19.5. The fraction of sp³-hybridized carbons (Fsp3) is 0.143. The predicted octanol–water partition coefficient (Wildman–Crippen LogP) is 6.83. The minimum atomic E-state index is -1.54. The molecule has 4 rings (SSSR count). The van der Waals surface area contributed by atoms with E-state index in [4.69, 9.17) is 0 Å². The normalized spacial score (nSPS) is 11.2. The largest absolute Gasteiger partial charge is 0.508 e. The van der Waals surface area contributed by atoms with Gasteiger partial charge in [0.2, 0.25) is 0 Å². The average Bonchev–Trinajstić information content (AvgIpc) is 2.72. The summed E-state index contributed by atoms with van der Waals surface area (Å²) in [6, 6.07) is 22.2. The molecule has 32 heavy (non-hydrogen) atoms. The van der Waals surface area contributed by atoms with Crippen molar-refractivity contribution in [2.45, 2.75) is 37.5 Å². The van der Waals surface area contributed by atoms with Crippen LogP contribution >= 0.6 is 0 Å². The van der Waals surface area contributed by atoms with Crippen LogP contribution in [0.4, 0.5) is 0 Å². The summed E-state index contributed by atoms with van der Waals surface area (Å²) in [7, 11) is -1.54. The fourth-order valence-corrected chi connectivity index (χ4v) is 5.56. The van der Waals surface area contributed by atoms with Gasteiger partial charge in [0.25, 0.3) is 0 Å². The van der Waals surface area contributed by atoms with Crippen molar-refractivity contribution >= 4 is 10.8 Å². The predicted molar refractivity (Wildman–Crippen MR) is 131 cm³/mol. The first kappa shape index (κ1) is 21.8. The molecule has 0 bridgehead atoms. The maximum atomic E-state index is 13.9. The Morgan fingerprint density at radius 2 is 0.875 bits per heavy atom. The van der Waals surface area contributed by atoms with Gasteiger partial charge >= 0.3 is 0 Å². The van der Waals surface area contributed by atoms with Gasteiger partial charge in [0.05, 0.1) is 20.6 Å². The van der Waals surface area contributed by atoms with Crippen molar-refractivity contribution in [3.63, 3.8) is 0 Å². The van der Waals surface area contributed by atoms with E-state index in [1.807, 2.05) is 52.0 Å². The molecule has 0 aliphatic heterocycles. The molecule has 0 amide bonds. The summed E-state index contributed by atoms with van der Waals surface area (Å²) in [6.45, 7) is 8.09. The van der Waals surface area contributed by atoms with E-state index in [0.29, 0.717) is 9.79 Å². The van der Waals surface area contributed by atoms with Gasteiger partial charge in [0, 0.05) is 11.1 Å². The van der Waals surface area contributed by atoms with Gasteiger partial charge in [0.1, 0.15) is 11.5 Å². The van der Waals surface area contributed by atoms with E-state index < -0.39 is 10.8 Å². The molecule has 0 unspecified atom stereocenters. The number of aromatic hydroxyl groups is 2. The number of phenols is 2. The first-order chi connectivity index (χ1) is 15.2. The highest BCUT2D eigenvalue weighted by Gasteiger charge is 2.19. The third-order valence-electron chi connectivity index (χ3n) is 5.39. The third-order valence-corrected chi connectivity index (χ3v) is 6.90. The highest BCUT2D eigenvalue weighted by Crippen LogP contribution is 2.37. The van der Waals surface area contributed by atoms with Crippen molar-refractivity contribution in [2.75, 3.05) is 0 Å². The van der Waals surface area contributed by atoms with Crippen molar-refractivity contribution in [3.8, 4) is 33.8 Å².